The molecule has 0 aliphatic carbocycles. The first-order chi connectivity index (χ1) is 9.17. The van der Waals surface area contributed by atoms with Crippen LogP contribution in [0.3, 0.4) is 0 Å². The fraction of sp³-hybridized carbons (Fsp3) is 0.0588. The fourth-order valence-corrected chi connectivity index (χ4v) is 1.98. The Balaban J connectivity index is 2.40. The second-order valence-corrected chi connectivity index (χ2v) is 4.22. The largest absolute Gasteiger partial charge is 0.204 e. The van der Waals surface area contributed by atoms with Crippen molar-refractivity contribution in [3.63, 3.8) is 0 Å². The molecule has 0 amide bonds. The van der Waals surface area contributed by atoms with Gasteiger partial charge in [0.05, 0.1) is 0 Å². The van der Waals surface area contributed by atoms with E-state index in [0.29, 0.717) is 5.56 Å². The molecule has 0 atom stereocenters. The maximum absolute atomic E-state index is 13.7. The van der Waals surface area contributed by atoms with Gasteiger partial charge in [0.15, 0.2) is 11.6 Å². The standard InChI is InChI=1S/C17H14F2/c1-3-12(4-2)13-8-10-14(11-9-13)15-6-5-7-16(18)17(15)19/h3-12H,1-2H2. The highest BCUT2D eigenvalue weighted by Gasteiger charge is 2.10. The lowest BCUT2D eigenvalue weighted by molar-refractivity contribution is 0.511. The van der Waals surface area contributed by atoms with E-state index in [9.17, 15) is 8.78 Å². The van der Waals surface area contributed by atoms with Gasteiger partial charge in [0.1, 0.15) is 0 Å². The van der Waals surface area contributed by atoms with E-state index in [1.165, 1.54) is 6.07 Å². The highest BCUT2D eigenvalue weighted by Crippen LogP contribution is 2.26. The van der Waals surface area contributed by atoms with Gasteiger partial charge in [-0.25, -0.2) is 8.78 Å². The zero-order valence-electron chi connectivity index (χ0n) is 10.4. The Kier molecular flexibility index (Phi) is 3.91. The molecule has 0 aliphatic heterocycles. The monoisotopic (exact) mass is 256 g/mol. The van der Waals surface area contributed by atoms with E-state index in [1.54, 1.807) is 30.4 Å². The van der Waals surface area contributed by atoms with Gasteiger partial charge in [0, 0.05) is 11.5 Å². The average Bonchev–Trinajstić information content (AvgIpc) is 2.44. The minimum atomic E-state index is -0.836. The van der Waals surface area contributed by atoms with Crippen molar-refractivity contribution < 1.29 is 8.78 Å². The Morgan fingerprint density at radius 1 is 0.895 bits per heavy atom. The first-order valence-corrected chi connectivity index (χ1v) is 5.97. The lowest BCUT2D eigenvalue weighted by atomic mass is 9.96. The van der Waals surface area contributed by atoms with Gasteiger partial charge in [-0.15, -0.1) is 13.2 Å². The van der Waals surface area contributed by atoms with Crippen LogP contribution in [0.25, 0.3) is 11.1 Å². The lowest BCUT2D eigenvalue weighted by Crippen LogP contribution is -1.92. The van der Waals surface area contributed by atoms with Gasteiger partial charge in [-0.1, -0.05) is 48.6 Å². The summed E-state index contributed by atoms with van der Waals surface area (Å²) in [4.78, 5) is 0. The van der Waals surface area contributed by atoms with Crippen LogP contribution in [0.1, 0.15) is 11.5 Å². The van der Waals surface area contributed by atoms with Crippen molar-refractivity contribution in [3.05, 3.63) is 85.0 Å². The summed E-state index contributed by atoms with van der Waals surface area (Å²) in [5.41, 5.74) is 1.93. The van der Waals surface area contributed by atoms with Crippen LogP contribution < -0.4 is 0 Å². The molecule has 0 spiro atoms. The molecule has 0 radical (unpaired) electrons. The number of hydrogen-bond acceptors (Lipinski definition) is 0. The summed E-state index contributed by atoms with van der Waals surface area (Å²) in [7, 11) is 0. The quantitative estimate of drug-likeness (QED) is 0.668. The summed E-state index contributed by atoms with van der Waals surface area (Å²) >= 11 is 0. The molecule has 0 unspecified atom stereocenters. The molecule has 0 fully saturated rings. The molecular weight excluding hydrogens is 242 g/mol. The molecule has 0 N–H and O–H groups in total. The molecule has 0 heterocycles. The Morgan fingerprint density at radius 2 is 1.53 bits per heavy atom. The summed E-state index contributed by atoms with van der Waals surface area (Å²) in [5.74, 6) is -1.60. The van der Waals surface area contributed by atoms with Gasteiger partial charge >= 0.3 is 0 Å². The maximum atomic E-state index is 13.7. The summed E-state index contributed by atoms with van der Waals surface area (Å²) in [5, 5.41) is 0. The van der Waals surface area contributed by atoms with Crippen molar-refractivity contribution >= 4 is 0 Å². The van der Waals surface area contributed by atoms with E-state index in [0.717, 1.165) is 11.6 Å². The Labute approximate surface area is 111 Å². The van der Waals surface area contributed by atoms with E-state index in [1.807, 2.05) is 12.1 Å². The zero-order valence-corrected chi connectivity index (χ0v) is 10.4. The maximum Gasteiger partial charge on any atom is 0.166 e. The lowest BCUT2D eigenvalue weighted by Gasteiger charge is -2.09. The third-order valence-electron chi connectivity index (χ3n) is 3.07. The second kappa shape index (κ2) is 5.61. The predicted molar refractivity (Wildman–Crippen MR) is 74.9 cm³/mol. The van der Waals surface area contributed by atoms with E-state index >= 15 is 0 Å². The Bertz CT molecular complexity index is 589. The van der Waals surface area contributed by atoms with Gasteiger partial charge in [-0.3, -0.25) is 0 Å². The average molecular weight is 256 g/mol. The fourth-order valence-electron chi connectivity index (χ4n) is 1.98. The zero-order chi connectivity index (χ0) is 13.8. The van der Waals surface area contributed by atoms with Crippen LogP contribution in [-0.2, 0) is 0 Å². The summed E-state index contributed by atoms with van der Waals surface area (Å²) in [6, 6.07) is 11.4. The molecule has 0 nitrogen and oxygen atoms in total. The molecule has 0 bridgehead atoms. The van der Waals surface area contributed by atoms with Crippen LogP contribution >= 0.6 is 0 Å². The third kappa shape index (κ3) is 2.63. The number of allylic oxidation sites excluding steroid dienone is 2. The summed E-state index contributed by atoms with van der Waals surface area (Å²) in [6.45, 7) is 7.47. The number of rotatable bonds is 4. The van der Waals surface area contributed by atoms with Gasteiger partial charge in [-0.2, -0.15) is 0 Å². The molecule has 2 rings (SSSR count). The molecule has 2 aromatic rings. The van der Waals surface area contributed by atoms with Crippen molar-refractivity contribution in [2.45, 2.75) is 5.92 Å². The number of benzene rings is 2. The Morgan fingerprint density at radius 3 is 2.11 bits per heavy atom. The molecule has 2 heteroatoms. The summed E-state index contributed by atoms with van der Waals surface area (Å²) < 4.78 is 26.9. The van der Waals surface area contributed by atoms with Crippen LogP contribution in [0.15, 0.2) is 67.8 Å². The van der Waals surface area contributed by atoms with Crippen molar-refractivity contribution in [2.75, 3.05) is 0 Å². The molecule has 0 saturated carbocycles. The highest BCUT2D eigenvalue weighted by molar-refractivity contribution is 5.64. The molecule has 19 heavy (non-hydrogen) atoms. The van der Waals surface area contributed by atoms with Crippen molar-refractivity contribution in [1.82, 2.24) is 0 Å². The first-order valence-electron chi connectivity index (χ1n) is 5.97. The van der Waals surface area contributed by atoms with E-state index < -0.39 is 11.6 Å². The van der Waals surface area contributed by atoms with Crippen LogP contribution in [0.2, 0.25) is 0 Å². The predicted octanol–water partition coefficient (Wildman–Crippen LogP) is 5.09. The van der Waals surface area contributed by atoms with Crippen molar-refractivity contribution in [1.29, 1.82) is 0 Å². The van der Waals surface area contributed by atoms with E-state index in [2.05, 4.69) is 13.2 Å². The van der Waals surface area contributed by atoms with Crippen LogP contribution in [0.5, 0.6) is 0 Å². The number of halogens is 2. The van der Waals surface area contributed by atoms with E-state index in [-0.39, 0.29) is 11.5 Å². The highest BCUT2D eigenvalue weighted by atomic mass is 19.2. The van der Waals surface area contributed by atoms with Crippen molar-refractivity contribution in [2.24, 2.45) is 0 Å². The smallest absolute Gasteiger partial charge is 0.166 e. The molecule has 0 saturated heterocycles. The second-order valence-electron chi connectivity index (χ2n) is 4.22. The summed E-state index contributed by atoms with van der Waals surface area (Å²) in [6.07, 6.45) is 3.57. The van der Waals surface area contributed by atoms with Crippen molar-refractivity contribution in [3.8, 4) is 11.1 Å². The SMILES string of the molecule is C=CC(C=C)c1ccc(-c2cccc(F)c2F)cc1. The van der Waals surface area contributed by atoms with Crippen LogP contribution in [0.4, 0.5) is 8.78 Å². The molecule has 2 aromatic carbocycles. The van der Waals surface area contributed by atoms with E-state index in [4.69, 9.17) is 0 Å². The minimum Gasteiger partial charge on any atom is -0.204 e. The van der Waals surface area contributed by atoms with Gasteiger partial charge in [-0.05, 0) is 17.2 Å². The molecule has 0 aromatic heterocycles. The van der Waals surface area contributed by atoms with Crippen LogP contribution in [-0.4, -0.2) is 0 Å². The molecular formula is C17H14F2. The Hall–Kier alpha value is -2.22. The minimum absolute atomic E-state index is 0.0615. The molecule has 0 aliphatic rings. The van der Waals surface area contributed by atoms with Crippen LogP contribution in [0, 0.1) is 11.6 Å². The van der Waals surface area contributed by atoms with Gasteiger partial charge < -0.3 is 0 Å². The normalized spacial score (nSPS) is 10.5. The molecule has 96 valence electrons. The first kappa shape index (κ1) is 13.2. The van der Waals surface area contributed by atoms with Gasteiger partial charge in [0.25, 0.3) is 0 Å². The topological polar surface area (TPSA) is 0 Å². The third-order valence-corrected chi connectivity index (χ3v) is 3.07. The number of hydrogen-bond donors (Lipinski definition) is 0. The van der Waals surface area contributed by atoms with Gasteiger partial charge in [0.2, 0.25) is 0 Å².